The van der Waals surface area contributed by atoms with Crippen LogP contribution in [0.2, 0.25) is 0 Å². The highest BCUT2D eigenvalue weighted by molar-refractivity contribution is 5.19. The van der Waals surface area contributed by atoms with Crippen molar-refractivity contribution in [2.45, 2.75) is 19.4 Å². The summed E-state index contributed by atoms with van der Waals surface area (Å²) >= 11 is 0. The highest BCUT2D eigenvalue weighted by Gasteiger charge is 2.16. The van der Waals surface area contributed by atoms with E-state index in [1.165, 1.54) is 5.56 Å². The third-order valence-corrected chi connectivity index (χ3v) is 2.77. The first-order valence-electron chi connectivity index (χ1n) is 5.69. The summed E-state index contributed by atoms with van der Waals surface area (Å²) in [4.78, 5) is 2.25. The van der Waals surface area contributed by atoms with Crippen LogP contribution in [-0.4, -0.2) is 24.5 Å². The minimum absolute atomic E-state index is 0.222. The van der Waals surface area contributed by atoms with Crippen LogP contribution in [0.25, 0.3) is 0 Å². The summed E-state index contributed by atoms with van der Waals surface area (Å²) in [5.41, 5.74) is 7.06. The Bertz CT molecular complexity index is 329. The molecule has 1 aromatic carbocycles. The number of nitrogens with two attached hydrogens (primary N) is 1. The third kappa shape index (κ3) is 3.34. The van der Waals surface area contributed by atoms with Crippen molar-refractivity contribution in [1.29, 1.82) is 5.26 Å². The molecule has 0 heterocycles. The zero-order valence-electron chi connectivity index (χ0n) is 9.76. The molecule has 1 aromatic rings. The molecule has 0 spiro atoms. The lowest BCUT2D eigenvalue weighted by Gasteiger charge is -2.29. The molecule has 1 atom stereocenters. The number of benzene rings is 1. The first-order chi connectivity index (χ1) is 7.83. The van der Waals surface area contributed by atoms with Crippen molar-refractivity contribution in [2.24, 2.45) is 5.73 Å². The molecule has 0 aliphatic heterocycles. The molecule has 2 N–H and O–H groups in total. The quantitative estimate of drug-likeness (QED) is 0.792. The Hall–Kier alpha value is -1.37. The average Bonchev–Trinajstić information content (AvgIpc) is 2.35. The zero-order valence-corrected chi connectivity index (χ0v) is 9.76. The van der Waals surface area contributed by atoms with Crippen LogP contribution in [-0.2, 0) is 0 Å². The molecule has 16 heavy (non-hydrogen) atoms. The van der Waals surface area contributed by atoms with E-state index in [9.17, 15) is 0 Å². The van der Waals surface area contributed by atoms with Crippen molar-refractivity contribution >= 4 is 0 Å². The van der Waals surface area contributed by atoms with E-state index in [4.69, 9.17) is 11.0 Å². The second kappa shape index (κ2) is 7.00. The first-order valence-corrected chi connectivity index (χ1v) is 5.69. The summed E-state index contributed by atoms with van der Waals surface area (Å²) in [6.07, 6.45) is 0.553. The standard InChI is InChI=1S/C13H19N3/c1-2-16(10-6-9-14)13(11-15)12-7-4-3-5-8-12/h3-5,7-8,13H,2,6,10-11,15H2,1H3. The molecule has 0 fully saturated rings. The molecule has 3 heteroatoms. The fourth-order valence-corrected chi connectivity index (χ4v) is 1.90. The van der Waals surface area contributed by atoms with Crippen LogP contribution in [0.1, 0.15) is 24.9 Å². The number of hydrogen-bond acceptors (Lipinski definition) is 3. The van der Waals surface area contributed by atoms with Gasteiger partial charge in [-0.15, -0.1) is 0 Å². The Labute approximate surface area is 97.5 Å². The van der Waals surface area contributed by atoms with Gasteiger partial charge in [0.25, 0.3) is 0 Å². The van der Waals surface area contributed by atoms with Gasteiger partial charge in [0.2, 0.25) is 0 Å². The van der Waals surface area contributed by atoms with E-state index < -0.39 is 0 Å². The number of nitriles is 1. The second-order valence-corrected chi connectivity index (χ2v) is 3.70. The topological polar surface area (TPSA) is 53.0 Å². The molecule has 0 radical (unpaired) electrons. The van der Waals surface area contributed by atoms with Crippen LogP contribution < -0.4 is 5.73 Å². The monoisotopic (exact) mass is 217 g/mol. The number of rotatable bonds is 6. The second-order valence-electron chi connectivity index (χ2n) is 3.70. The van der Waals surface area contributed by atoms with Crippen LogP contribution in [0.15, 0.2) is 30.3 Å². The highest BCUT2D eigenvalue weighted by Crippen LogP contribution is 2.19. The van der Waals surface area contributed by atoms with Crippen molar-refractivity contribution in [3.63, 3.8) is 0 Å². The van der Waals surface area contributed by atoms with Crippen LogP contribution in [0, 0.1) is 11.3 Å². The van der Waals surface area contributed by atoms with Gasteiger partial charge in [-0.3, -0.25) is 4.90 Å². The summed E-state index contributed by atoms with van der Waals surface area (Å²) in [6.45, 7) is 4.38. The molecule has 0 saturated heterocycles. The molecule has 86 valence electrons. The Morgan fingerprint density at radius 3 is 2.56 bits per heavy atom. The Morgan fingerprint density at radius 1 is 1.38 bits per heavy atom. The van der Waals surface area contributed by atoms with Gasteiger partial charge in [-0.2, -0.15) is 5.26 Å². The van der Waals surface area contributed by atoms with Gasteiger partial charge in [-0.25, -0.2) is 0 Å². The predicted octanol–water partition coefficient (Wildman–Crippen LogP) is 1.92. The van der Waals surface area contributed by atoms with Crippen LogP contribution in [0.4, 0.5) is 0 Å². The molecule has 0 aliphatic carbocycles. The Kier molecular flexibility index (Phi) is 5.55. The molecule has 1 rings (SSSR count). The zero-order chi connectivity index (χ0) is 11.8. The van der Waals surface area contributed by atoms with E-state index in [0.717, 1.165) is 13.1 Å². The lowest BCUT2D eigenvalue weighted by Crippen LogP contribution is -2.34. The van der Waals surface area contributed by atoms with E-state index in [-0.39, 0.29) is 6.04 Å². The molecule has 0 bridgehead atoms. The summed E-state index contributed by atoms with van der Waals surface area (Å²) in [5.74, 6) is 0. The van der Waals surface area contributed by atoms with Gasteiger partial charge >= 0.3 is 0 Å². The van der Waals surface area contributed by atoms with Gasteiger partial charge in [0.05, 0.1) is 6.07 Å². The average molecular weight is 217 g/mol. The number of nitrogens with zero attached hydrogens (tertiary/aromatic N) is 2. The third-order valence-electron chi connectivity index (χ3n) is 2.77. The van der Waals surface area contributed by atoms with Crippen LogP contribution >= 0.6 is 0 Å². The maximum Gasteiger partial charge on any atom is 0.0635 e. The molecule has 1 unspecified atom stereocenters. The summed E-state index contributed by atoms with van der Waals surface area (Å²) in [5, 5.41) is 8.63. The van der Waals surface area contributed by atoms with Crippen molar-refractivity contribution in [3.8, 4) is 6.07 Å². The minimum atomic E-state index is 0.222. The van der Waals surface area contributed by atoms with E-state index in [0.29, 0.717) is 13.0 Å². The number of likely N-dealkylation sites (N-methyl/N-ethyl adjacent to an activating group) is 1. The summed E-state index contributed by atoms with van der Waals surface area (Å²) in [7, 11) is 0. The minimum Gasteiger partial charge on any atom is -0.329 e. The predicted molar refractivity (Wildman–Crippen MR) is 65.7 cm³/mol. The van der Waals surface area contributed by atoms with Gasteiger partial charge in [0.15, 0.2) is 0 Å². The summed E-state index contributed by atoms with van der Waals surface area (Å²) in [6, 6.07) is 12.6. The van der Waals surface area contributed by atoms with E-state index in [1.54, 1.807) is 0 Å². The maximum atomic E-state index is 8.63. The maximum absolute atomic E-state index is 8.63. The largest absolute Gasteiger partial charge is 0.329 e. The van der Waals surface area contributed by atoms with E-state index in [2.05, 4.69) is 30.0 Å². The van der Waals surface area contributed by atoms with E-state index >= 15 is 0 Å². The fraction of sp³-hybridized carbons (Fsp3) is 0.462. The van der Waals surface area contributed by atoms with Gasteiger partial charge < -0.3 is 5.73 Å². The van der Waals surface area contributed by atoms with Crippen molar-refractivity contribution in [2.75, 3.05) is 19.6 Å². The molecule has 0 saturated carbocycles. The molecule has 0 amide bonds. The van der Waals surface area contributed by atoms with Crippen molar-refractivity contribution in [3.05, 3.63) is 35.9 Å². The molecule has 0 aliphatic rings. The Morgan fingerprint density at radius 2 is 2.06 bits per heavy atom. The molecule has 3 nitrogen and oxygen atoms in total. The SMILES string of the molecule is CCN(CCC#N)C(CN)c1ccccc1. The molecular formula is C13H19N3. The van der Waals surface area contributed by atoms with Gasteiger partial charge in [-0.05, 0) is 12.1 Å². The smallest absolute Gasteiger partial charge is 0.0635 e. The highest BCUT2D eigenvalue weighted by atomic mass is 15.2. The van der Waals surface area contributed by atoms with Gasteiger partial charge in [0.1, 0.15) is 0 Å². The number of hydrogen-bond donors (Lipinski definition) is 1. The normalized spacial score (nSPS) is 12.4. The van der Waals surface area contributed by atoms with Crippen LogP contribution in [0.5, 0.6) is 0 Å². The fourth-order valence-electron chi connectivity index (χ4n) is 1.90. The van der Waals surface area contributed by atoms with Gasteiger partial charge in [0, 0.05) is 25.6 Å². The van der Waals surface area contributed by atoms with Crippen LogP contribution in [0.3, 0.4) is 0 Å². The van der Waals surface area contributed by atoms with Gasteiger partial charge in [-0.1, -0.05) is 37.3 Å². The first kappa shape index (κ1) is 12.7. The van der Waals surface area contributed by atoms with E-state index in [1.807, 2.05) is 18.2 Å². The van der Waals surface area contributed by atoms with Crippen molar-refractivity contribution < 1.29 is 0 Å². The lowest BCUT2D eigenvalue weighted by atomic mass is 10.1. The van der Waals surface area contributed by atoms with Crippen molar-refractivity contribution in [1.82, 2.24) is 4.90 Å². The summed E-state index contributed by atoms with van der Waals surface area (Å²) < 4.78 is 0. The molecule has 0 aromatic heterocycles. The lowest BCUT2D eigenvalue weighted by molar-refractivity contribution is 0.217. The Balaban J connectivity index is 2.76. The molecular weight excluding hydrogens is 198 g/mol.